The molecule has 2 rings (SSSR count). The molecule has 0 aliphatic carbocycles. The molecule has 0 aromatic heterocycles. The van der Waals surface area contributed by atoms with Crippen molar-refractivity contribution < 1.29 is 9.79 Å². The van der Waals surface area contributed by atoms with Crippen LogP contribution < -0.4 is 4.72 Å². The molecule has 3 nitrogen and oxygen atoms in total. The smallest absolute Gasteiger partial charge is 0.211 e. The van der Waals surface area contributed by atoms with Crippen LogP contribution in [0, 0.1) is 6.92 Å². The van der Waals surface area contributed by atoms with E-state index >= 15 is 0 Å². The fourth-order valence-electron chi connectivity index (χ4n) is 1.97. The van der Waals surface area contributed by atoms with Crippen LogP contribution in [0.1, 0.15) is 25.3 Å². The van der Waals surface area contributed by atoms with Gasteiger partial charge in [0.2, 0.25) is 10.0 Å². The minimum atomic E-state index is -3.45. The van der Waals surface area contributed by atoms with Gasteiger partial charge in [-0.15, -0.1) is 0 Å². The van der Waals surface area contributed by atoms with Gasteiger partial charge in [0, 0.05) is 7.92 Å². The van der Waals surface area contributed by atoms with E-state index in [1.165, 1.54) is 0 Å². The van der Waals surface area contributed by atoms with Gasteiger partial charge in [-0.25, -0.2) is 13.1 Å². The molecular weight excluding hydrogens is 282 g/mol. The summed E-state index contributed by atoms with van der Waals surface area (Å²) in [7, 11) is -3.45. The van der Waals surface area contributed by atoms with Gasteiger partial charge in [0.1, 0.15) is 0 Å². The Morgan fingerprint density at radius 1 is 1.00 bits per heavy atom. The van der Waals surface area contributed by atoms with Crippen molar-refractivity contribution in [3.05, 3.63) is 65.7 Å². The summed E-state index contributed by atoms with van der Waals surface area (Å²) >= 11 is 0. The predicted molar refractivity (Wildman–Crippen MR) is 85.7 cm³/mol. The van der Waals surface area contributed by atoms with Crippen molar-refractivity contribution in [2.24, 2.45) is 0 Å². The number of sulfonamides is 1. The third-order valence-electron chi connectivity index (χ3n) is 3.18. The molecular formula is C17H21NO2S. The first-order chi connectivity index (χ1) is 10.5. The fraction of sp³-hybridized carbons (Fsp3) is 0.294. The largest absolute Gasteiger partial charge is 0.240 e. The average Bonchev–Trinajstić information content (AvgIpc) is 2.52. The highest BCUT2D eigenvalue weighted by atomic mass is 32.2. The zero-order valence-corrected chi connectivity index (χ0v) is 12.9. The molecule has 1 atom stereocenters. The molecule has 0 bridgehead atoms. The summed E-state index contributed by atoms with van der Waals surface area (Å²) in [6, 6.07) is 16.4. The summed E-state index contributed by atoms with van der Waals surface area (Å²) in [5.41, 5.74) is 1.99. The van der Waals surface area contributed by atoms with Gasteiger partial charge >= 0.3 is 0 Å². The Labute approximate surface area is 128 Å². The van der Waals surface area contributed by atoms with E-state index in [0.717, 1.165) is 11.1 Å². The van der Waals surface area contributed by atoms with E-state index < -0.39 is 10.0 Å². The first-order valence-electron chi connectivity index (χ1n) is 7.60. The monoisotopic (exact) mass is 304 g/mol. The van der Waals surface area contributed by atoms with Crippen LogP contribution in [0.5, 0.6) is 0 Å². The quantitative estimate of drug-likeness (QED) is 0.798. The van der Waals surface area contributed by atoms with Crippen LogP contribution >= 0.6 is 0 Å². The second-order valence-electron chi connectivity index (χ2n) is 4.97. The van der Waals surface area contributed by atoms with E-state index in [0.29, 0.717) is 19.4 Å². The van der Waals surface area contributed by atoms with Gasteiger partial charge in [0.05, 0.1) is 4.90 Å². The minimum absolute atomic E-state index is 0.281. The van der Waals surface area contributed by atoms with Gasteiger partial charge in [0.25, 0.3) is 0 Å². The Balaban J connectivity index is 1.82. The van der Waals surface area contributed by atoms with Crippen molar-refractivity contribution >= 4 is 10.0 Å². The molecule has 0 aliphatic rings. The highest BCUT2D eigenvalue weighted by Crippen LogP contribution is 2.10. The Kier molecular flexibility index (Phi) is 5.03. The molecule has 0 fully saturated rings. The first-order valence-corrected chi connectivity index (χ1v) is 8.51. The third kappa shape index (κ3) is 4.99. The molecule has 0 saturated heterocycles. The maximum atomic E-state index is 12.1. The van der Waals surface area contributed by atoms with E-state index in [-0.39, 0.29) is 11.3 Å². The lowest BCUT2D eigenvalue weighted by Crippen LogP contribution is -2.24. The van der Waals surface area contributed by atoms with Crippen molar-refractivity contribution in [2.75, 3.05) is 6.54 Å². The third-order valence-corrected chi connectivity index (χ3v) is 4.66. The summed E-state index contributed by atoms with van der Waals surface area (Å²) in [6.45, 7) is 2.26. The molecule has 0 amide bonds. The molecule has 4 heteroatoms. The highest BCUT2D eigenvalue weighted by Gasteiger charge is 2.12. The number of aryl methyl sites for hydroxylation is 2. The van der Waals surface area contributed by atoms with Gasteiger partial charge in [-0.05, 0) is 43.9 Å². The Hall–Kier alpha value is -1.65. The fourth-order valence-corrected chi connectivity index (χ4v) is 3.04. The zero-order valence-electron chi connectivity index (χ0n) is 13.1. The SMILES string of the molecule is [2H]C(CCCNS(=O)(=O)c1ccc(C)cc1)c1ccccc1. The van der Waals surface area contributed by atoms with Crippen LogP contribution in [-0.2, 0) is 16.4 Å². The van der Waals surface area contributed by atoms with Gasteiger partial charge in [-0.3, -0.25) is 0 Å². The van der Waals surface area contributed by atoms with Gasteiger partial charge in [-0.1, -0.05) is 48.0 Å². The van der Waals surface area contributed by atoms with Crippen molar-refractivity contribution in [1.29, 1.82) is 0 Å². The number of benzene rings is 2. The molecule has 21 heavy (non-hydrogen) atoms. The van der Waals surface area contributed by atoms with Crippen molar-refractivity contribution in [3.63, 3.8) is 0 Å². The van der Waals surface area contributed by atoms with Crippen molar-refractivity contribution in [3.8, 4) is 0 Å². The second kappa shape index (κ2) is 7.38. The van der Waals surface area contributed by atoms with Crippen molar-refractivity contribution in [2.45, 2.75) is 31.1 Å². The molecule has 2 aromatic carbocycles. The molecule has 0 spiro atoms. The summed E-state index contributed by atoms with van der Waals surface area (Å²) in [5.74, 6) is 0. The minimum Gasteiger partial charge on any atom is -0.211 e. The maximum Gasteiger partial charge on any atom is 0.240 e. The lowest BCUT2D eigenvalue weighted by atomic mass is 10.1. The molecule has 0 aliphatic heterocycles. The molecule has 2 aromatic rings. The Morgan fingerprint density at radius 2 is 1.67 bits per heavy atom. The van der Waals surface area contributed by atoms with E-state index in [9.17, 15) is 8.42 Å². The van der Waals surface area contributed by atoms with Gasteiger partial charge in [-0.2, -0.15) is 0 Å². The summed E-state index contributed by atoms with van der Waals surface area (Å²) in [5, 5.41) is 0. The highest BCUT2D eigenvalue weighted by molar-refractivity contribution is 7.89. The first kappa shape index (κ1) is 14.3. The average molecular weight is 304 g/mol. The second-order valence-corrected chi connectivity index (χ2v) is 6.73. The molecule has 0 saturated carbocycles. The number of hydrogen-bond donors (Lipinski definition) is 1. The molecule has 1 unspecified atom stereocenters. The van der Waals surface area contributed by atoms with Gasteiger partial charge < -0.3 is 0 Å². The Bertz CT molecular complexity index is 684. The summed E-state index contributed by atoms with van der Waals surface area (Å²) < 4.78 is 34.8. The number of hydrogen-bond acceptors (Lipinski definition) is 2. The van der Waals surface area contributed by atoms with Crippen LogP contribution in [0.2, 0.25) is 0 Å². The molecule has 0 heterocycles. The van der Waals surface area contributed by atoms with E-state index in [4.69, 9.17) is 1.37 Å². The number of rotatable bonds is 7. The van der Waals surface area contributed by atoms with Crippen LogP contribution in [0.4, 0.5) is 0 Å². The molecule has 1 N–H and O–H groups in total. The standard InChI is InChI=1S/C17H21NO2S/c1-15-10-12-17(13-11-15)21(19,20)18-14-6-5-9-16-7-3-2-4-8-16/h2-4,7-8,10-13,18H,5-6,9,14H2,1H3/i9D. The summed E-state index contributed by atoms with van der Waals surface area (Å²) in [6.07, 6.45) is 0.944. The molecule has 0 radical (unpaired) electrons. The maximum absolute atomic E-state index is 12.1. The van der Waals surface area contributed by atoms with Crippen LogP contribution in [0.3, 0.4) is 0 Å². The molecule has 112 valence electrons. The topological polar surface area (TPSA) is 46.2 Å². The van der Waals surface area contributed by atoms with Gasteiger partial charge in [0.15, 0.2) is 0 Å². The van der Waals surface area contributed by atoms with Crippen LogP contribution in [-0.4, -0.2) is 15.0 Å². The van der Waals surface area contributed by atoms with E-state index in [1.54, 1.807) is 24.3 Å². The van der Waals surface area contributed by atoms with Crippen molar-refractivity contribution in [1.82, 2.24) is 4.72 Å². The lowest BCUT2D eigenvalue weighted by molar-refractivity contribution is 0.576. The van der Waals surface area contributed by atoms with E-state index in [2.05, 4.69) is 4.72 Å². The van der Waals surface area contributed by atoms with E-state index in [1.807, 2.05) is 37.3 Å². The lowest BCUT2D eigenvalue weighted by Gasteiger charge is -2.07. The number of nitrogens with one attached hydrogen (secondary N) is 1. The van der Waals surface area contributed by atoms with Crippen LogP contribution in [0.25, 0.3) is 0 Å². The summed E-state index contributed by atoms with van der Waals surface area (Å²) in [4.78, 5) is 0.281. The predicted octanol–water partition coefficient (Wildman–Crippen LogP) is 3.30. The van der Waals surface area contributed by atoms with Crippen LogP contribution in [0.15, 0.2) is 59.5 Å². The zero-order chi connectivity index (χ0) is 16.0. The normalized spacial score (nSPS) is 13.7. The Morgan fingerprint density at radius 3 is 2.33 bits per heavy atom.